The minimum atomic E-state index is -0.431. The molecule has 1 aromatic rings. The molecular weight excluding hydrogens is 262 g/mol. The zero-order valence-corrected chi connectivity index (χ0v) is 11.9. The summed E-state index contributed by atoms with van der Waals surface area (Å²) in [5.74, 6) is 0.770. The molecule has 0 aliphatic carbocycles. The minimum absolute atomic E-state index is 0.0138. The number of rotatable bonds is 4. The van der Waals surface area contributed by atoms with Crippen LogP contribution in [0.1, 0.15) is 12.5 Å². The molecule has 2 unspecified atom stereocenters. The van der Waals surface area contributed by atoms with Gasteiger partial charge in [0.05, 0.1) is 23.7 Å². The lowest BCUT2D eigenvalue weighted by Crippen LogP contribution is -2.48. The van der Waals surface area contributed by atoms with E-state index < -0.39 is 4.92 Å². The lowest BCUT2D eigenvalue weighted by atomic mass is 10.2. The second-order valence-corrected chi connectivity index (χ2v) is 5.02. The molecule has 7 nitrogen and oxygen atoms in total. The SMILES string of the molecule is COCC1CN(c2ncc([N+](=O)[O-])cc2C)CC(C)O1. The number of nitro groups is 1. The first-order valence-corrected chi connectivity index (χ1v) is 6.51. The van der Waals surface area contributed by atoms with E-state index in [2.05, 4.69) is 9.88 Å². The van der Waals surface area contributed by atoms with Gasteiger partial charge in [0.2, 0.25) is 0 Å². The molecular formula is C13H19N3O4. The van der Waals surface area contributed by atoms with Crippen LogP contribution in [0, 0.1) is 17.0 Å². The number of methoxy groups -OCH3 is 1. The maximum Gasteiger partial charge on any atom is 0.287 e. The van der Waals surface area contributed by atoms with Crippen LogP contribution < -0.4 is 4.90 Å². The highest BCUT2D eigenvalue weighted by Crippen LogP contribution is 2.24. The van der Waals surface area contributed by atoms with Gasteiger partial charge < -0.3 is 14.4 Å². The molecule has 1 aliphatic heterocycles. The fraction of sp³-hybridized carbons (Fsp3) is 0.615. The van der Waals surface area contributed by atoms with Crippen molar-refractivity contribution >= 4 is 11.5 Å². The third-order valence-electron chi connectivity index (χ3n) is 3.23. The summed E-state index contributed by atoms with van der Waals surface area (Å²) in [7, 11) is 1.64. The van der Waals surface area contributed by atoms with Gasteiger partial charge in [-0.3, -0.25) is 10.1 Å². The van der Waals surface area contributed by atoms with Gasteiger partial charge in [0, 0.05) is 26.3 Å². The van der Waals surface area contributed by atoms with Gasteiger partial charge in [-0.1, -0.05) is 0 Å². The number of aromatic nitrogens is 1. The second kappa shape index (κ2) is 6.15. The summed E-state index contributed by atoms with van der Waals surface area (Å²) < 4.78 is 10.9. The Kier molecular flexibility index (Phi) is 4.51. The average Bonchev–Trinajstić information content (AvgIpc) is 2.38. The van der Waals surface area contributed by atoms with E-state index in [0.717, 1.165) is 11.4 Å². The summed E-state index contributed by atoms with van der Waals surface area (Å²) in [5, 5.41) is 10.7. The number of nitrogens with zero attached hydrogens (tertiary/aromatic N) is 3. The molecule has 0 N–H and O–H groups in total. The van der Waals surface area contributed by atoms with Crippen LogP contribution in [0.15, 0.2) is 12.3 Å². The average molecular weight is 281 g/mol. The summed E-state index contributed by atoms with van der Waals surface area (Å²) in [4.78, 5) is 16.6. The Balaban J connectivity index is 2.19. The van der Waals surface area contributed by atoms with Crippen molar-refractivity contribution in [3.05, 3.63) is 27.9 Å². The Bertz CT molecular complexity index is 495. The third kappa shape index (κ3) is 3.23. The van der Waals surface area contributed by atoms with Crippen LogP contribution in [0.5, 0.6) is 0 Å². The molecule has 20 heavy (non-hydrogen) atoms. The van der Waals surface area contributed by atoms with Crippen LogP contribution in [0.2, 0.25) is 0 Å². The first-order chi connectivity index (χ1) is 9.51. The molecule has 0 bridgehead atoms. The summed E-state index contributed by atoms with van der Waals surface area (Å²) >= 11 is 0. The zero-order valence-electron chi connectivity index (χ0n) is 11.9. The van der Waals surface area contributed by atoms with Gasteiger partial charge in [0.25, 0.3) is 5.69 Å². The van der Waals surface area contributed by atoms with Crippen molar-refractivity contribution in [2.24, 2.45) is 0 Å². The van der Waals surface area contributed by atoms with E-state index in [-0.39, 0.29) is 17.9 Å². The quantitative estimate of drug-likeness (QED) is 0.615. The van der Waals surface area contributed by atoms with E-state index in [0.29, 0.717) is 19.7 Å². The lowest BCUT2D eigenvalue weighted by Gasteiger charge is -2.37. The summed E-state index contributed by atoms with van der Waals surface area (Å²) in [5.41, 5.74) is 0.811. The van der Waals surface area contributed by atoms with Gasteiger partial charge in [0.15, 0.2) is 0 Å². The van der Waals surface area contributed by atoms with Gasteiger partial charge in [-0.2, -0.15) is 0 Å². The van der Waals surface area contributed by atoms with Crippen molar-refractivity contribution in [2.75, 3.05) is 31.7 Å². The number of pyridine rings is 1. The highest BCUT2D eigenvalue weighted by Gasteiger charge is 2.27. The largest absolute Gasteiger partial charge is 0.382 e. The van der Waals surface area contributed by atoms with Gasteiger partial charge in [-0.15, -0.1) is 0 Å². The van der Waals surface area contributed by atoms with E-state index >= 15 is 0 Å². The first-order valence-electron chi connectivity index (χ1n) is 6.51. The lowest BCUT2D eigenvalue weighted by molar-refractivity contribution is -0.385. The van der Waals surface area contributed by atoms with Gasteiger partial charge >= 0.3 is 0 Å². The maximum atomic E-state index is 10.7. The standard InChI is InChI=1S/C13H19N3O4/c1-9-4-11(16(17)18)5-14-13(9)15-6-10(2)20-12(7-15)8-19-3/h4-5,10,12H,6-8H2,1-3H3. The number of hydrogen-bond donors (Lipinski definition) is 0. The molecule has 2 atom stereocenters. The smallest absolute Gasteiger partial charge is 0.287 e. The fourth-order valence-corrected chi connectivity index (χ4v) is 2.48. The third-order valence-corrected chi connectivity index (χ3v) is 3.23. The number of hydrogen-bond acceptors (Lipinski definition) is 6. The van der Waals surface area contributed by atoms with Crippen LogP contribution >= 0.6 is 0 Å². The predicted octanol–water partition coefficient (Wildman–Crippen LogP) is 1.54. The van der Waals surface area contributed by atoms with E-state index in [1.165, 1.54) is 6.20 Å². The second-order valence-electron chi connectivity index (χ2n) is 5.02. The molecule has 1 aliphatic rings. The predicted molar refractivity (Wildman–Crippen MR) is 74.1 cm³/mol. The minimum Gasteiger partial charge on any atom is -0.382 e. The summed E-state index contributed by atoms with van der Waals surface area (Å²) in [6.07, 6.45) is 1.36. The van der Waals surface area contributed by atoms with Crippen molar-refractivity contribution in [2.45, 2.75) is 26.1 Å². The first kappa shape index (κ1) is 14.7. The molecule has 0 saturated carbocycles. The van der Waals surface area contributed by atoms with E-state index in [9.17, 15) is 10.1 Å². The highest BCUT2D eigenvalue weighted by molar-refractivity contribution is 5.51. The summed E-state index contributed by atoms with van der Waals surface area (Å²) in [6.45, 7) is 5.74. The molecule has 0 radical (unpaired) electrons. The number of anilines is 1. The van der Waals surface area contributed by atoms with Gasteiger partial charge in [-0.05, 0) is 19.4 Å². The van der Waals surface area contributed by atoms with Crippen LogP contribution in [-0.4, -0.2) is 48.9 Å². The molecule has 2 heterocycles. The van der Waals surface area contributed by atoms with Crippen molar-refractivity contribution in [1.82, 2.24) is 4.98 Å². The van der Waals surface area contributed by atoms with Gasteiger partial charge in [-0.25, -0.2) is 4.98 Å². The maximum absolute atomic E-state index is 10.7. The molecule has 110 valence electrons. The molecule has 0 spiro atoms. The van der Waals surface area contributed by atoms with Crippen LogP contribution in [-0.2, 0) is 9.47 Å². The zero-order chi connectivity index (χ0) is 14.7. The molecule has 2 rings (SSSR count). The number of ether oxygens (including phenoxy) is 2. The summed E-state index contributed by atoms with van der Waals surface area (Å²) in [6, 6.07) is 1.55. The highest BCUT2D eigenvalue weighted by atomic mass is 16.6. The van der Waals surface area contributed by atoms with Crippen LogP contribution in [0.4, 0.5) is 11.5 Å². The topological polar surface area (TPSA) is 77.7 Å². The molecule has 7 heteroatoms. The van der Waals surface area contributed by atoms with Crippen molar-refractivity contribution in [1.29, 1.82) is 0 Å². The van der Waals surface area contributed by atoms with Crippen molar-refractivity contribution in [3.8, 4) is 0 Å². The Morgan fingerprint density at radius 2 is 2.35 bits per heavy atom. The molecule has 0 amide bonds. The number of aryl methyl sites for hydroxylation is 1. The normalized spacial score (nSPS) is 22.9. The molecule has 1 fully saturated rings. The van der Waals surface area contributed by atoms with Crippen molar-refractivity contribution < 1.29 is 14.4 Å². The number of morpholine rings is 1. The monoisotopic (exact) mass is 281 g/mol. The van der Waals surface area contributed by atoms with Crippen LogP contribution in [0.25, 0.3) is 0 Å². The Hall–Kier alpha value is -1.73. The Morgan fingerprint density at radius 3 is 2.95 bits per heavy atom. The van der Waals surface area contributed by atoms with E-state index in [4.69, 9.17) is 9.47 Å². The molecule has 1 aromatic heterocycles. The van der Waals surface area contributed by atoms with E-state index in [1.807, 2.05) is 13.8 Å². The Morgan fingerprint density at radius 1 is 1.60 bits per heavy atom. The van der Waals surface area contributed by atoms with Crippen LogP contribution in [0.3, 0.4) is 0 Å². The van der Waals surface area contributed by atoms with Gasteiger partial charge in [0.1, 0.15) is 12.0 Å². The molecule has 1 saturated heterocycles. The fourth-order valence-electron chi connectivity index (χ4n) is 2.48. The van der Waals surface area contributed by atoms with E-state index in [1.54, 1.807) is 13.2 Å². The van der Waals surface area contributed by atoms with Crippen molar-refractivity contribution in [3.63, 3.8) is 0 Å². The molecule has 0 aromatic carbocycles. The Labute approximate surface area is 117 Å².